The molecule has 2 aromatic carbocycles. The Labute approximate surface area is 172 Å². The van der Waals surface area contributed by atoms with Crippen LogP contribution in [0, 0.1) is 0 Å². The summed E-state index contributed by atoms with van der Waals surface area (Å²) in [4.78, 5) is 14.8. The van der Waals surface area contributed by atoms with Gasteiger partial charge in [0.2, 0.25) is 10.0 Å². The van der Waals surface area contributed by atoms with Crippen molar-refractivity contribution in [2.75, 3.05) is 27.2 Å². The van der Waals surface area contributed by atoms with Crippen LogP contribution in [-0.2, 0) is 16.6 Å². The van der Waals surface area contributed by atoms with E-state index in [0.717, 1.165) is 31.5 Å². The van der Waals surface area contributed by atoms with Gasteiger partial charge in [0.05, 0.1) is 7.11 Å². The van der Waals surface area contributed by atoms with Crippen LogP contribution >= 0.6 is 0 Å². The number of piperidine rings is 1. The number of hydrogen-bond acceptors (Lipinski definition) is 5. The van der Waals surface area contributed by atoms with Gasteiger partial charge in [-0.05, 0) is 56.7 Å². The third-order valence-electron chi connectivity index (χ3n) is 5.08. The first-order valence-corrected chi connectivity index (χ1v) is 11.1. The topological polar surface area (TPSA) is 87.7 Å². The van der Waals surface area contributed by atoms with E-state index >= 15 is 0 Å². The normalized spacial score (nSPS) is 15.8. The minimum atomic E-state index is -3.86. The number of hydrogen-bond donors (Lipinski definition) is 2. The fourth-order valence-electron chi connectivity index (χ4n) is 3.30. The zero-order valence-corrected chi connectivity index (χ0v) is 17.5. The van der Waals surface area contributed by atoms with Crippen molar-refractivity contribution in [1.29, 1.82) is 0 Å². The molecule has 0 spiro atoms. The van der Waals surface area contributed by atoms with Gasteiger partial charge in [0.1, 0.15) is 10.6 Å². The Bertz CT molecular complexity index is 940. The lowest BCUT2D eigenvalue weighted by Gasteiger charge is -2.29. The minimum absolute atomic E-state index is 0.0491. The van der Waals surface area contributed by atoms with Crippen molar-refractivity contribution in [2.24, 2.45) is 0 Å². The highest BCUT2D eigenvalue weighted by Crippen LogP contribution is 2.25. The number of carbonyl (C=O) groups is 1. The van der Waals surface area contributed by atoms with Crippen molar-refractivity contribution in [3.8, 4) is 5.75 Å². The van der Waals surface area contributed by atoms with Crippen LogP contribution in [-0.4, -0.2) is 52.5 Å². The van der Waals surface area contributed by atoms with Crippen molar-refractivity contribution in [3.63, 3.8) is 0 Å². The second kappa shape index (κ2) is 9.39. The van der Waals surface area contributed by atoms with Crippen LogP contribution in [0.2, 0.25) is 0 Å². The Morgan fingerprint density at radius 2 is 1.83 bits per heavy atom. The van der Waals surface area contributed by atoms with Crippen LogP contribution < -0.4 is 14.8 Å². The maximum atomic E-state index is 12.9. The summed E-state index contributed by atoms with van der Waals surface area (Å²) < 4.78 is 33.5. The Kier molecular flexibility index (Phi) is 6.89. The van der Waals surface area contributed by atoms with Gasteiger partial charge in [0, 0.05) is 18.2 Å². The SMILES string of the molecule is COc1ccc(C(=O)NC2CCN(C)CC2)cc1S(=O)(=O)NCc1ccccc1. The molecule has 156 valence electrons. The zero-order chi connectivity index (χ0) is 20.9. The third kappa shape index (κ3) is 5.56. The van der Waals surface area contributed by atoms with Gasteiger partial charge in [-0.3, -0.25) is 4.79 Å². The van der Waals surface area contributed by atoms with Gasteiger partial charge in [-0.15, -0.1) is 0 Å². The Hall–Kier alpha value is -2.42. The largest absolute Gasteiger partial charge is 0.495 e. The maximum absolute atomic E-state index is 12.9. The van der Waals surface area contributed by atoms with Crippen LogP contribution in [0.3, 0.4) is 0 Å². The highest BCUT2D eigenvalue weighted by molar-refractivity contribution is 7.89. The molecule has 0 aliphatic carbocycles. The number of nitrogens with one attached hydrogen (secondary N) is 2. The zero-order valence-electron chi connectivity index (χ0n) is 16.7. The number of likely N-dealkylation sites (tertiary alicyclic amines) is 1. The van der Waals surface area contributed by atoms with E-state index in [1.807, 2.05) is 30.3 Å². The van der Waals surface area contributed by atoms with E-state index in [-0.39, 0.29) is 29.1 Å². The summed E-state index contributed by atoms with van der Waals surface area (Å²) in [5, 5.41) is 3.01. The summed E-state index contributed by atoms with van der Waals surface area (Å²) in [6.07, 6.45) is 1.75. The molecular formula is C21H27N3O4S. The van der Waals surface area contributed by atoms with E-state index < -0.39 is 10.0 Å². The quantitative estimate of drug-likeness (QED) is 0.720. The number of carbonyl (C=O) groups excluding carboxylic acids is 1. The van der Waals surface area contributed by atoms with Crippen LogP contribution in [0.5, 0.6) is 5.75 Å². The Morgan fingerprint density at radius 3 is 2.48 bits per heavy atom. The number of sulfonamides is 1. The fraction of sp³-hybridized carbons (Fsp3) is 0.381. The smallest absolute Gasteiger partial charge is 0.251 e. The number of amides is 1. The van der Waals surface area contributed by atoms with E-state index in [9.17, 15) is 13.2 Å². The summed E-state index contributed by atoms with van der Waals surface area (Å²) in [7, 11) is -0.396. The first kappa shape index (κ1) is 21.3. The summed E-state index contributed by atoms with van der Waals surface area (Å²) in [6.45, 7) is 2.01. The van der Waals surface area contributed by atoms with Crippen molar-refractivity contribution in [2.45, 2.75) is 30.3 Å². The molecule has 0 aromatic heterocycles. The van der Waals surface area contributed by atoms with E-state index in [1.54, 1.807) is 6.07 Å². The molecule has 1 aliphatic heterocycles. The van der Waals surface area contributed by atoms with E-state index in [4.69, 9.17) is 4.74 Å². The lowest BCUT2D eigenvalue weighted by molar-refractivity contribution is 0.0916. The third-order valence-corrected chi connectivity index (χ3v) is 6.50. The van der Waals surface area contributed by atoms with Gasteiger partial charge in [-0.2, -0.15) is 0 Å². The number of methoxy groups -OCH3 is 1. The average molecular weight is 418 g/mol. The molecule has 7 nitrogen and oxygen atoms in total. The summed E-state index contributed by atoms with van der Waals surface area (Å²) in [5.74, 6) is -0.0804. The van der Waals surface area contributed by atoms with Gasteiger partial charge in [0.15, 0.2) is 0 Å². The number of rotatable bonds is 7. The predicted molar refractivity (Wildman–Crippen MR) is 111 cm³/mol. The van der Waals surface area contributed by atoms with Crippen molar-refractivity contribution in [3.05, 3.63) is 59.7 Å². The summed E-state index contributed by atoms with van der Waals surface area (Å²) in [5.41, 5.74) is 1.14. The molecule has 1 fully saturated rings. The molecule has 1 aliphatic rings. The highest BCUT2D eigenvalue weighted by Gasteiger charge is 2.23. The van der Waals surface area contributed by atoms with Crippen molar-refractivity contribution < 1.29 is 17.9 Å². The standard InChI is InChI=1S/C21H27N3O4S/c1-24-12-10-18(11-13-24)23-21(25)17-8-9-19(28-2)20(14-17)29(26,27)22-15-16-6-4-3-5-7-16/h3-9,14,18,22H,10-13,15H2,1-2H3,(H,23,25). The Morgan fingerprint density at radius 1 is 1.14 bits per heavy atom. The molecule has 29 heavy (non-hydrogen) atoms. The minimum Gasteiger partial charge on any atom is -0.495 e. The highest BCUT2D eigenvalue weighted by atomic mass is 32.2. The molecule has 1 amide bonds. The molecule has 8 heteroatoms. The number of benzene rings is 2. The molecule has 2 aromatic rings. The molecule has 0 unspecified atom stereocenters. The molecule has 1 saturated heterocycles. The molecule has 0 saturated carbocycles. The van der Waals surface area contributed by atoms with Crippen LogP contribution in [0.4, 0.5) is 0 Å². The lowest BCUT2D eigenvalue weighted by atomic mass is 10.0. The van der Waals surface area contributed by atoms with Crippen molar-refractivity contribution in [1.82, 2.24) is 14.9 Å². The van der Waals surface area contributed by atoms with Gasteiger partial charge in [0.25, 0.3) is 5.91 Å². The summed E-state index contributed by atoms with van der Waals surface area (Å²) >= 11 is 0. The van der Waals surface area contributed by atoms with Crippen LogP contribution in [0.1, 0.15) is 28.8 Å². The van der Waals surface area contributed by atoms with E-state index in [1.165, 1.54) is 19.2 Å². The monoisotopic (exact) mass is 417 g/mol. The van der Waals surface area contributed by atoms with Crippen LogP contribution in [0.25, 0.3) is 0 Å². The first-order chi connectivity index (χ1) is 13.9. The van der Waals surface area contributed by atoms with E-state index in [2.05, 4.69) is 22.0 Å². The maximum Gasteiger partial charge on any atom is 0.251 e. The second-order valence-electron chi connectivity index (χ2n) is 7.23. The van der Waals surface area contributed by atoms with Gasteiger partial charge in [-0.1, -0.05) is 30.3 Å². The first-order valence-electron chi connectivity index (χ1n) is 9.60. The fourth-order valence-corrected chi connectivity index (χ4v) is 4.51. The van der Waals surface area contributed by atoms with Gasteiger partial charge < -0.3 is 15.0 Å². The van der Waals surface area contributed by atoms with Gasteiger partial charge >= 0.3 is 0 Å². The van der Waals surface area contributed by atoms with E-state index in [0.29, 0.717) is 5.56 Å². The molecule has 0 radical (unpaired) electrons. The molecule has 0 atom stereocenters. The van der Waals surface area contributed by atoms with Gasteiger partial charge in [-0.25, -0.2) is 13.1 Å². The Balaban J connectivity index is 1.76. The molecule has 2 N–H and O–H groups in total. The number of nitrogens with zero attached hydrogens (tertiary/aromatic N) is 1. The second-order valence-corrected chi connectivity index (χ2v) is 8.96. The van der Waals surface area contributed by atoms with Crippen LogP contribution in [0.15, 0.2) is 53.4 Å². The molecular weight excluding hydrogens is 390 g/mol. The molecule has 1 heterocycles. The lowest BCUT2D eigenvalue weighted by Crippen LogP contribution is -2.43. The average Bonchev–Trinajstić information content (AvgIpc) is 2.74. The number of ether oxygens (including phenoxy) is 1. The van der Waals surface area contributed by atoms with Crippen molar-refractivity contribution >= 4 is 15.9 Å². The molecule has 3 rings (SSSR count). The summed E-state index contributed by atoms with van der Waals surface area (Å²) in [6, 6.07) is 13.8. The molecule has 0 bridgehead atoms. The predicted octanol–water partition coefficient (Wildman–Crippen LogP) is 2.00.